The van der Waals surface area contributed by atoms with E-state index < -0.39 is 31.3 Å². The number of nitrogens with zero attached hydrogens (tertiary/aromatic N) is 1. The molecule has 0 aromatic carbocycles. The van der Waals surface area contributed by atoms with E-state index in [1.807, 2.05) is 0 Å². The minimum absolute atomic E-state index is 0.272. The van der Waals surface area contributed by atoms with Gasteiger partial charge >= 0.3 is 5.97 Å². The highest BCUT2D eigenvalue weighted by Crippen LogP contribution is 2.19. The fourth-order valence-electron chi connectivity index (χ4n) is 1.56. The Kier molecular flexibility index (Phi) is 3.59. The molecule has 76 valence electrons. The third kappa shape index (κ3) is 2.37. The third-order valence-corrected chi connectivity index (χ3v) is 2.44. The van der Waals surface area contributed by atoms with Crippen LogP contribution in [0.1, 0.15) is 6.42 Å². The summed E-state index contributed by atoms with van der Waals surface area (Å²) in [5.41, 5.74) is 0. The summed E-state index contributed by atoms with van der Waals surface area (Å²) in [5, 5.41) is 8.64. The number of carboxylic acid groups (broad SMARTS) is 1. The molecule has 1 unspecified atom stereocenters. The van der Waals surface area contributed by atoms with Gasteiger partial charge in [0.15, 0.2) is 0 Å². The van der Waals surface area contributed by atoms with Gasteiger partial charge in [-0.25, -0.2) is 8.78 Å². The minimum Gasteiger partial charge on any atom is -0.481 e. The maximum absolute atomic E-state index is 12.2. The SMILES string of the molecule is O=C(O)C1CCN(C(CF)CF)C1. The van der Waals surface area contributed by atoms with Crippen molar-refractivity contribution >= 4 is 5.97 Å². The molecule has 3 nitrogen and oxygen atoms in total. The van der Waals surface area contributed by atoms with Crippen LogP contribution < -0.4 is 0 Å². The molecule has 1 aliphatic heterocycles. The van der Waals surface area contributed by atoms with Crippen LogP contribution in [-0.2, 0) is 4.79 Å². The van der Waals surface area contributed by atoms with Gasteiger partial charge in [0.2, 0.25) is 0 Å². The molecule has 0 aromatic rings. The van der Waals surface area contributed by atoms with Crippen molar-refractivity contribution in [2.24, 2.45) is 5.92 Å². The van der Waals surface area contributed by atoms with Crippen LogP contribution in [0.5, 0.6) is 0 Å². The van der Waals surface area contributed by atoms with Crippen LogP contribution in [0.25, 0.3) is 0 Å². The Morgan fingerprint density at radius 2 is 2.15 bits per heavy atom. The number of hydrogen-bond donors (Lipinski definition) is 1. The molecule has 1 N–H and O–H groups in total. The van der Waals surface area contributed by atoms with Crippen molar-refractivity contribution in [2.75, 3.05) is 26.4 Å². The zero-order valence-electron chi connectivity index (χ0n) is 7.25. The van der Waals surface area contributed by atoms with E-state index in [9.17, 15) is 13.6 Å². The molecule has 0 amide bonds. The number of carbonyl (C=O) groups is 1. The molecule has 13 heavy (non-hydrogen) atoms. The molecule has 0 bridgehead atoms. The molecule has 0 spiro atoms. The Morgan fingerprint density at radius 1 is 1.54 bits per heavy atom. The average Bonchev–Trinajstić information content (AvgIpc) is 2.56. The number of alkyl halides is 2. The second kappa shape index (κ2) is 4.50. The van der Waals surface area contributed by atoms with Crippen molar-refractivity contribution in [1.82, 2.24) is 4.90 Å². The monoisotopic (exact) mass is 193 g/mol. The quantitative estimate of drug-likeness (QED) is 0.714. The Bertz CT molecular complexity index is 185. The molecule has 0 radical (unpaired) electrons. The molecule has 0 aliphatic carbocycles. The minimum atomic E-state index is -0.876. The number of rotatable bonds is 4. The van der Waals surface area contributed by atoms with Gasteiger partial charge in [-0.3, -0.25) is 9.69 Å². The van der Waals surface area contributed by atoms with Crippen molar-refractivity contribution in [1.29, 1.82) is 0 Å². The summed E-state index contributed by atoms with van der Waals surface area (Å²) >= 11 is 0. The van der Waals surface area contributed by atoms with Crippen molar-refractivity contribution in [3.05, 3.63) is 0 Å². The first-order chi connectivity index (χ1) is 6.19. The number of halogens is 2. The largest absolute Gasteiger partial charge is 0.481 e. The van der Waals surface area contributed by atoms with E-state index in [2.05, 4.69) is 0 Å². The fraction of sp³-hybridized carbons (Fsp3) is 0.875. The van der Waals surface area contributed by atoms with Gasteiger partial charge in [-0.1, -0.05) is 0 Å². The van der Waals surface area contributed by atoms with Gasteiger partial charge < -0.3 is 5.11 Å². The van der Waals surface area contributed by atoms with Crippen LogP contribution in [0.2, 0.25) is 0 Å². The van der Waals surface area contributed by atoms with Gasteiger partial charge in [-0.2, -0.15) is 0 Å². The molecule has 5 heteroatoms. The van der Waals surface area contributed by atoms with Gasteiger partial charge in [-0.05, 0) is 13.0 Å². The van der Waals surface area contributed by atoms with E-state index >= 15 is 0 Å². The fourth-order valence-corrected chi connectivity index (χ4v) is 1.56. The predicted molar refractivity (Wildman–Crippen MR) is 43.1 cm³/mol. The topological polar surface area (TPSA) is 40.5 Å². The summed E-state index contributed by atoms with van der Waals surface area (Å²) in [6, 6.07) is -0.746. The van der Waals surface area contributed by atoms with E-state index in [4.69, 9.17) is 5.11 Å². The highest BCUT2D eigenvalue weighted by molar-refractivity contribution is 5.70. The van der Waals surface area contributed by atoms with Crippen LogP contribution in [0.15, 0.2) is 0 Å². The van der Waals surface area contributed by atoms with Crippen molar-refractivity contribution in [2.45, 2.75) is 12.5 Å². The van der Waals surface area contributed by atoms with Gasteiger partial charge in [-0.15, -0.1) is 0 Å². The molecular formula is C8H13F2NO2. The summed E-state index contributed by atoms with van der Waals surface area (Å²) in [6.45, 7) is -0.741. The Balaban J connectivity index is 2.43. The molecule has 1 atom stereocenters. The van der Waals surface area contributed by atoms with Gasteiger partial charge in [0.1, 0.15) is 13.3 Å². The van der Waals surface area contributed by atoms with E-state index in [1.165, 1.54) is 0 Å². The highest BCUT2D eigenvalue weighted by atomic mass is 19.1. The van der Waals surface area contributed by atoms with E-state index in [0.717, 1.165) is 0 Å². The predicted octanol–water partition coefficient (Wildman–Crippen LogP) is 0.701. The maximum Gasteiger partial charge on any atom is 0.307 e. The van der Waals surface area contributed by atoms with Gasteiger partial charge in [0.25, 0.3) is 0 Å². The molecule has 1 saturated heterocycles. The molecule has 0 saturated carbocycles. The smallest absolute Gasteiger partial charge is 0.307 e. The number of hydrogen-bond acceptors (Lipinski definition) is 2. The maximum atomic E-state index is 12.2. The van der Waals surface area contributed by atoms with Crippen LogP contribution in [0, 0.1) is 5.92 Å². The van der Waals surface area contributed by atoms with Crippen LogP contribution >= 0.6 is 0 Å². The number of likely N-dealkylation sites (tertiary alicyclic amines) is 1. The molecule has 1 rings (SSSR count). The van der Waals surface area contributed by atoms with Crippen LogP contribution in [0.4, 0.5) is 8.78 Å². The highest BCUT2D eigenvalue weighted by Gasteiger charge is 2.31. The Morgan fingerprint density at radius 3 is 2.54 bits per heavy atom. The number of carboxylic acids is 1. The lowest BCUT2D eigenvalue weighted by molar-refractivity contribution is -0.141. The van der Waals surface area contributed by atoms with Gasteiger partial charge in [0.05, 0.1) is 12.0 Å². The molecular weight excluding hydrogens is 180 g/mol. The second-order valence-corrected chi connectivity index (χ2v) is 3.28. The van der Waals surface area contributed by atoms with Crippen molar-refractivity contribution < 1.29 is 18.7 Å². The van der Waals surface area contributed by atoms with E-state index in [0.29, 0.717) is 13.0 Å². The first-order valence-corrected chi connectivity index (χ1v) is 4.27. The first-order valence-electron chi connectivity index (χ1n) is 4.27. The van der Waals surface area contributed by atoms with Crippen LogP contribution in [0.3, 0.4) is 0 Å². The second-order valence-electron chi connectivity index (χ2n) is 3.28. The molecule has 1 aliphatic rings. The Hall–Kier alpha value is -0.710. The molecule has 0 aromatic heterocycles. The lowest BCUT2D eigenvalue weighted by Gasteiger charge is -2.21. The third-order valence-electron chi connectivity index (χ3n) is 2.44. The van der Waals surface area contributed by atoms with Crippen molar-refractivity contribution in [3.63, 3.8) is 0 Å². The average molecular weight is 193 g/mol. The van der Waals surface area contributed by atoms with Crippen LogP contribution in [-0.4, -0.2) is 48.5 Å². The van der Waals surface area contributed by atoms with Crippen molar-refractivity contribution in [3.8, 4) is 0 Å². The van der Waals surface area contributed by atoms with E-state index in [1.54, 1.807) is 4.90 Å². The summed E-state index contributed by atoms with van der Waals surface area (Å²) < 4.78 is 24.4. The first kappa shape index (κ1) is 10.4. The summed E-state index contributed by atoms with van der Waals surface area (Å²) in [4.78, 5) is 12.1. The summed E-state index contributed by atoms with van der Waals surface area (Å²) in [5.74, 6) is -1.33. The number of aliphatic carboxylic acids is 1. The standard InChI is InChI=1S/C8H13F2NO2/c9-3-7(4-10)11-2-1-6(5-11)8(12)13/h6-7H,1-5H2,(H,12,13). The zero-order valence-corrected chi connectivity index (χ0v) is 7.25. The summed E-state index contributed by atoms with van der Waals surface area (Å²) in [6.07, 6.45) is 0.492. The lowest BCUT2D eigenvalue weighted by Crippen LogP contribution is -2.37. The molecule has 1 heterocycles. The zero-order chi connectivity index (χ0) is 9.84. The normalized spacial score (nSPS) is 24.1. The molecule has 1 fully saturated rings. The lowest BCUT2D eigenvalue weighted by atomic mass is 10.1. The van der Waals surface area contributed by atoms with Gasteiger partial charge in [0, 0.05) is 6.54 Å². The Labute approximate surface area is 75.3 Å². The summed E-state index contributed by atoms with van der Waals surface area (Å²) in [7, 11) is 0. The van der Waals surface area contributed by atoms with E-state index in [-0.39, 0.29) is 6.54 Å².